The van der Waals surface area contributed by atoms with Crippen molar-refractivity contribution in [3.8, 4) is 6.07 Å². The van der Waals surface area contributed by atoms with Gasteiger partial charge in [-0.1, -0.05) is 20.3 Å². The minimum Gasteiger partial charge on any atom is -0.481 e. The minimum absolute atomic E-state index is 0.134. The normalized spacial score (nSPS) is 14.2. The molecular formula is C11H20N2O2. The van der Waals surface area contributed by atoms with Crippen LogP contribution in [0.1, 0.15) is 39.5 Å². The van der Waals surface area contributed by atoms with E-state index in [2.05, 4.69) is 11.4 Å². The molecule has 0 aliphatic carbocycles. The molecule has 0 bridgehead atoms. The zero-order valence-electron chi connectivity index (χ0n) is 9.49. The van der Waals surface area contributed by atoms with Crippen LogP contribution in [-0.4, -0.2) is 23.7 Å². The van der Waals surface area contributed by atoms with E-state index < -0.39 is 5.97 Å². The van der Waals surface area contributed by atoms with Gasteiger partial charge in [0.1, 0.15) is 0 Å². The average molecular weight is 212 g/mol. The van der Waals surface area contributed by atoms with Crippen LogP contribution in [-0.2, 0) is 4.79 Å². The van der Waals surface area contributed by atoms with Gasteiger partial charge < -0.3 is 10.4 Å². The van der Waals surface area contributed by atoms with Crippen LogP contribution >= 0.6 is 0 Å². The van der Waals surface area contributed by atoms with E-state index in [0.717, 1.165) is 19.3 Å². The second-order valence-electron chi connectivity index (χ2n) is 3.75. The first-order valence-electron chi connectivity index (χ1n) is 5.48. The summed E-state index contributed by atoms with van der Waals surface area (Å²) in [5.74, 6) is -0.629. The molecule has 2 unspecified atom stereocenters. The Morgan fingerprint density at radius 1 is 1.53 bits per heavy atom. The third-order valence-corrected chi connectivity index (χ3v) is 2.38. The van der Waals surface area contributed by atoms with Crippen LogP contribution in [0.2, 0.25) is 0 Å². The molecular weight excluding hydrogens is 192 g/mol. The van der Waals surface area contributed by atoms with Crippen molar-refractivity contribution >= 4 is 5.97 Å². The lowest BCUT2D eigenvalue weighted by Gasteiger charge is -2.16. The topological polar surface area (TPSA) is 73.1 Å². The van der Waals surface area contributed by atoms with Gasteiger partial charge in [-0.15, -0.1) is 0 Å². The number of carboxylic acids is 1. The fourth-order valence-corrected chi connectivity index (χ4v) is 1.52. The summed E-state index contributed by atoms with van der Waals surface area (Å²) in [6.45, 7) is 4.59. The predicted molar refractivity (Wildman–Crippen MR) is 58.3 cm³/mol. The fraction of sp³-hybridized carbons (Fsp3) is 0.818. The van der Waals surface area contributed by atoms with Gasteiger partial charge in [0.05, 0.1) is 12.1 Å². The predicted octanol–water partition coefficient (Wildman–Crippen LogP) is 1.77. The van der Waals surface area contributed by atoms with E-state index in [9.17, 15) is 4.79 Å². The van der Waals surface area contributed by atoms with Gasteiger partial charge in [-0.05, 0) is 25.3 Å². The fourth-order valence-electron chi connectivity index (χ4n) is 1.52. The molecule has 0 amide bonds. The lowest BCUT2D eigenvalue weighted by atomic mass is 9.99. The first kappa shape index (κ1) is 13.9. The number of nitrogens with zero attached hydrogens (tertiary/aromatic N) is 1. The zero-order valence-corrected chi connectivity index (χ0v) is 9.49. The van der Waals surface area contributed by atoms with E-state index in [0.29, 0.717) is 6.54 Å². The molecule has 0 aliphatic heterocycles. The van der Waals surface area contributed by atoms with Crippen molar-refractivity contribution in [3.63, 3.8) is 0 Å². The monoisotopic (exact) mass is 212 g/mol. The van der Waals surface area contributed by atoms with Crippen molar-refractivity contribution in [1.82, 2.24) is 5.32 Å². The Bertz CT molecular complexity index is 223. The third-order valence-electron chi connectivity index (χ3n) is 2.38. The quantitative estimate of drug-likeness (QED) is 0.643. The Balaban J connectivity index is 3.94. The van der Waals surface area contributed by atoms with E-state index >= 15 is 0 Å². The molecule has 0 rings (SSSR count). The van der Waals surface area contributed by atoms with Gasteiger partial charge in [-0.2, -0.15) is 5.26 Å². The summed E-state index contributed by atoms with van der Waals surface area (Å²) < 4.78 is 0. The van der Waals surface area contributed by atoms with Crippen LogP contribution in [0.15, 0.2) is 0 Å². The molecule has 2 atom stereocenters. The van der Waals surface area contributed by atoms with Gasteiger partial charge in [0, 0.05) is 6.42 Å². The minimum atomic E-state index is -0.764. The highest BCUT2D eigenvalue weighted by Gasteiger charge is 2.13. The summed E-state index contributed by atoms with van der Waals surface area (Å²) in [6, 6.07) is 1.99. The third kappa shape index (κ3) is 6.92. The number of hydrogen-bond donors (Lipinski definition) is 2. The van der Waals surface area contributed by atoms with Crippen molar-refractivity contribution in [2.24, 2.45) is 5.92 Å². The first-order chi connectivity index (χ1) is 7.13. The number of nitriles is 1. The van der Waals surface area contributed by atoms with E-state index in [-0.39, 0.29) is 18.4 Å². The van der Waals surface area contributed by atoms with Crippen LogP contribution in [0.5, 0.6) is 0 Å². The summed E-state index contributed by atoms with van der Waals surface area (Å²) >= 11 is 0. The van der Waals surface area contributed by atoms with Crippen molar-refractivity contribution in [2.45, 2.75) is 45.6 Å². The van der Waals surface area contributed by atoms with Crippen LogP contribution < -0.4 is 5.32 Å². The van der Waals surface area contributed by atoms with Gasteiger partial charge in [0.2, 0.25) is 0 Å². The second-order valence-corrected chi connectivity index (χ2v) is 3.75. The van der Waals surface area contributed by atoms with Crippen molar-refractivity contribution in [2.75, 3.05) is 6.54 Å². The molecule has 0 saturated heterocycles. The van der Waals surface area contributed by atoms with E-state index in [1.165, 1.54) is 0 Å². The summed E-state index contributed by atoms with van der Waals surface area (Å²) in [5, 5.41) is 20.5. The molecule has 15 heavy (non-hydrogen) atoms. The Hall–Kier alpha value is -1.08. The standard InChI is InChI=1S/C11H20N2O2/c1-3-5-9(6-11(14)15)8-13-10(4-2)7-12/h9-10,13H,3-6,8H2,1-2H3,(H,14,15). The molecule has 0 radical (unpaired) electrons. The van der Waals surface area contributed by atoms with Crippen molar-refractivity contribution in [1.29, 1.82) is 5.26 Å². The summed E-state index contributed by atoms with van der Waals surface area (Å²) in [4.78, 5) is 10.6. The molecule has 0 fully saturated rings. The van der Waals surface area contributed by atoms with Gasteiger partial charge in [0.15, 0.2) is 0 Å². The van der Waals surface area contributed by atoms with Crippen LogP contribution in [0.4, 0.5) is 0 Å². The Labute approximate surface area is 91.3 Å². The highest BCUT2D eigenvalue weighted by Crippen LogP contribution is 2.10. The van der Waals surface area contributed by atoms with Gasteiger partial charge >= 0.3 is 5.97 Å². The lowest BCUT2D eigenvalue weighted by molar-refractivity contribution is -0.138. The maximum absolute atomic E-state index is 10.6. The SMILES string of the molecule is CCCC(CNC(C#N)CC)CC(=O)O. The molecule has 4 nitrogen and oxygen atoms in total. The van der Waals surface area contributed by atoms with E-state index in [1.54, 1.807) is 0 Å². The highest BCUT2D eigenvalue weighted by atomic mass is 16.4. The van der Waals surface area contributed by atoms with E-state index in [4.69, 9.17) is 10.4 Å². The van der Waals surface area contributed by atoms with Crippen LogP contribution in [0, 0.1) is 17.2 Å². The first-order valence-corrected chi connectivity index (χ1v) is 5.48. The molecule has 0 saturated carbocycles. The lowest BCUT2D eigenvalue weighted by Crippen LogP contribution is -2.32. The van der Waals surface area contributed by atoms with E-state index in [1.807, 2.05) is 13.8 Å². The number of rotatable bonds is 8. The smallest absolute Gasteiger partial charge is 0.303 e. The molecule has 0 heterocycles. The number of carbonyl (C=O) groups is 1. The largest absolute Gasteiger partial charge is 0.481 e. The molecule has 0 aromatic rings. The maximum atomic E-state index is 10.6. The van der Waals surface area contributed by atoms with Crippen LogP contribution in [0.3, 0.4) is 0 Å². The Morgan fingerprint density at radius 3 is 2.60 bits per heavy atom. The Kier molecular flexibility index (Phi) is 7.65. The summed E-state index contributed by atoms with van der Waals surface area (Å²) in [6.07, 6.45) is 2.80. The maximum Gasteiger partial charge on any atom is 0.303 e. The highest BCUT2D eigenvalue weighted by molar-refractivity contribution is 5.67. The molecule has 0 spiro atoms. The zero-order chi connectivity index (χ0) is 11.7. The number of aliphatic carboxylic acids is 1. The van der Waals surface area contributed by atoms with Crippen molar-refractivity contribution < 1.29 is 9.90 Å². The number of carboxylic acid groups (broad SMARTS) is 1. The van der Waals surface area contributed by atoms with Gasteiger partial charge in [0.25, 0.3) is 0 Å². The number of hydrogen-bond acceptors (Lipinski definition) is 3. The Morgan fingerprint density at radius 2 is 2.20 bits per heavy atom. The second kappa shape index (κ2) is 8.25. The molecule has 4 heteroatoms. The summed E-state index contributed by atoms with van der Waals surface area (Å²) in [7, 11) is 0. The number of nitrogens with one attached hydrogen (secondary N) is 1. The molecule has 2 N–H and O–H groups in total. The summed E-state index contributed by atoms with van der Waals surface area (Å²) in [5.41, 5.74) is 0. The van der Waals surface area contributed by atoms with Crippen molar-refractivity contribution in [3.05, 3.63) is 0 Å². The van der Waals surface area contributed by atoms with Crippen LogP contribution in [0.25, 0.3) is 0 Å². The molecule has 0 aromatic heterocycles. The molecule has 0 aromatic carbocycles. The molecule has 86 valence electrons. The van der Waals surface area contributed by atoms with Gasteiger partial charge in [-0.3, -0.25) is 4.79 Å². The molecule has 0 aliphatic rings. The average Bonchev–Trinajstić information content (AvgIpc) is 2.18. The van der Waals surface area contributed by atoms with Gasteiger partial charge in [-0.25, -0.2) is 0 Å².